The van der Waals surface area contributed by atoms with Crippen LogP contribution in [-0.4, -0.2) is 22.9 Å². The molecule has 0 bridgehead atoms. The van der Waals surface area contributed by atoms with Crippen molar-refractivity contribution in [2.75, 3.05) is 5.73 Å². The van der Waals surface area contributed by atoms with Crippen molar-refractivity contribution < 1.29 is 4.79 Å². The van der Waals surface area contributed by atoms with Crippen molar-refractivity contribution >= 4 is 11.6 Å². The molecule has 0 fully saturated rings. The van der Waals surface area contributed by atoms with E-state index in [0.29, 0.717) is 12.2 Å². The third kappa shape index (κ3) is 4.45. The van der Waals surface area contributed by atoms with E-state index in [-0.39, 0.29) is 23.8 Å². The normalized spacial score (nSPS) is 13.0. The van der Waals surface area contributed by atoms with Crippen LogP contribution in [0, 0.1) is 5.92 Å². The first kappa shape index (κ1) is 14.6. The Kier molecular flexibility index (Phi) is 5.28. The molecule has 0 aliphatic heterocycles. The average molecular weight is 249 g/mol. The number of anilines is 1. The second-order valence-corrected chi connectivity index (χ2v) is 5.23. The van der Waals surface area contributed by atoms with Crippen LogP contribution in [0.1, 0.15) is 33.3 Å². The summed E-state index contributed by atoms with van der Waals surface area (Å²) in [6, 6.07) is 3.81. The molecular weight excluding hydrogens is 226 g/mol. The molecule has 100 valence electrons. The van der Waals surface area contributed by atoms with Gasteiger partial charge in [0.25, 0.3) is 0 Å². The number of nitrogen functional groups attached to an aromatic ring is 1. The lowest BCUT2D eigenvalue weighted by molar-refractivity contribution is -0.124. The van der Waals surface area contributed by atoms with Crippen LogP contribution < -0.4 is 11.1 Å². The van der Waals surface area contributed by atoms with Crippen molar-refractivity contribution in [1.29, 1.82) is 0 Å². The summed E-state index contributed by atoms with van der Waals surface area (Å²) in [4.78, 5) is 16.2. The molecule has 1 heterocycles. The first-order valence-corrected chi connectivity index (χ1v) is 6.40. The summed E-state index contributed by atoms with van der Waals surface area (Å²) in [6.07, 6.45) is 2.39. The number of ketones is 1. The Labute approximate surface area is 109 Å². The smallest absolute Gasteiger partial charge is 0.152 e. The van der Waals surface area contributed by atoms with Crippen LogP contribution in [0.2, 0.25) is 0 Å². The molecule has 0 aliphatic carbocycles. The summed E-state index contributed by atoms with van der Waals surface area (Å²) in [5, 5.41) is 3.32. The summed E-state index contributed by atoms with van der Waals surface area (Å²) in [7, 11) is 0. The van der Waals surface area contributed by atoms with Gasteiger partial charge in [0.2, 0.25) is 0 Å². The van der Waals surface area contributed by atoms with Gasteiger partial charge in [-0.15, -0.1) is 0 Å². The number of Topliss-reactive ketones (excluding diaryl/α,β-unsaturated/α-hetero) is 1. The predicted molar refractivity (Wildman–Crippen MR) is 74.3 cm³/mol. The van der Waals surface area contributed by atoms with Gasteiger partial charge in [-0.1, -0.05) is 33.8 Å². The molecule has 3 N–H and O–H groups in total. The highest BCUT2D eigenvalue weighted by Crippen LogP contribution is 2.09. The topological polar surface area (TPSA) is 68.0 Å². The van der Waals surface area contributed by atoms with Crippen molar-refractivity contribution in [2.24, 2.45) is 5.92 Å². The Bertz CT molecular complexity index is 385. The van der Waals surface area contributed by atoms with Crippen LogP contribution in [0.5, 0.6) is 0 Å². The number of rotatable bonds is 6. The lowest BCUT2D eigenvalue weighted by atomic mass is 9.96. The van der Waals surface area contributed by atoms with Crippen molar-refractivity contribution in [3.8, 4) is 0 Å². The third-order valence-corrected chi connectivity index (χ3v) is 2.73. The monoisotopic (exact) mass is 249 g/mol. The number of carbonyl (C=O) groups excluding carboxylic acids is 1. The Morgan fingerprint density at radius 2 is 2.00 bits per heavy atom. The number of pyridine rings is 1. The van der Waals surface area contributed by atoms with Crippen LogP contribution in [-0.2, 0) is 11.2 Å². The maximum absolute atomic E-state index is 12.1. The molecule has 0 spiro atoms. The van der Waals surface area contributed by atoms with Gasteiger partial charge in [-0.2, -0.15) is 0 Å². The Balaban J connectivity index is 2.77. The van der Waals surface area contributed by atoms with Gasteiger partial charge in [-0.05, 0) is 18.1 Å². The van der Waals surface area contributed by atoms with E-state index in [0.717, 1.165) is 5.56 Å². The SMILES string of the molecule is CC(C)N[C@@H](Cc1ccc(N)nc1)C(=O)C(C)C. The molecule has 0 unspecified atom stereocenters. The summed E-state index contributed by atoms with van der Waals surface area (Å²) < 4.78 is 0. The molecule has 1 rings (SSSR count). The summed E-state index contributed by atoms with van der Waals surface area (Å²) in [5.74, 6) is 0.769. The van der Waals surface area contributed by atoms with E-state index in [4.69, 9.17) is 5.73 Å². The molecule has 18 heavy (non-hydrogen) atoms. The number of aromatic nitrogens is 1. The molecule has 1 aromatic heterocycles. The number of carbonyl (C=O) groups is 1. The number of hydrogen-bond acceptors (Lipinski definition) is 4. The standard InChI is InChI=1S/C14H23N3O/c1-9(2)14(18)12(17-10(3)4)7-11-5-6-13(15)16-8-11/h5-6,8-10,12,17H,7H2,1-4H3,(H2,15,16)/t12-/m0/s1. The van der Waals surface area contributed by atoms with E-state index in [9.17, 15) is 4.79 Å². The highest BCUT2D eigenvalue weighted by atomic mass is 16.1. The summed E-state index contributed by atoms with van der Waals surface area (Å²) >= 11 is 0. The fraction of sp³-hybridized carbons (Fsp3) is 0.571. The van der Waals surface area contributed by atoms with Crippen LogP contribution in [0.4, 0.5) is 5.82 Å². The zero-order chi connectivity index (χ0) is 13.7. The van der Waals surface area contributed by atoms with E-state index in [1.807, 2.05) is 33.8 Å². The fourth-order valence-corrected chi connectivity index (χ4v) is 1.84. The van der Waals surface area contributed by atoms with E-state index >= 15 is 0 Å². The van der Waals surface area contributed by atoms with Crippen molar-refractivity contribution in [3.63, 3.8) is 0 Å². The minimum Gasteiger partial charge on any atom is -0.384 e. The largest absolute Gasteiger partial charge is 0.384 e. The fourth-order valence-electron chi connectivity index (χ4n) is 1.84. The Morgan fingerprint density at radius 3 is 2.44 bits per heavy atom. The molecular formula is C14H23N3O. The van der Waals surface area contributed by atoms with Gasteiger partial charge in [-0.3, -0.25) is 4.79 Å². The molecule has 1 aromatic rings. The molecule has 0 radical (unpaired) electrons. The second kappa shape index (κ2) is 6.50. The molecule has 0 aromatic carbocycles. The number of nitrogens with zero attached hydrogens (tertiary/aromatic N) is 1. The number of hydrogen-bond donors (Lipinski definition) is 2. The molecule has 1 atom stereocenters. The minimum absolute atomic E-state index is 0.0305. The van der Waals surface area contributed by atoms with Crippen molar-refractivity contribution in [3.05, 3.63) is 23.9 Å². The first-order chi connectivity index (χ1) is 8.40. The Hall–Kier alpha value is -1.42. The van der Waals surface area contributed by atoms with Crippen LogP contribution in [0.3, 0.4) is 0 Å². The van der Waals surface area contributed by atoms with Gasteiger partial charge in [0, 0.05) is 18.2 Å². The zero-order valence-electron chi connectivity index (χ0n) is 11.6. The highest BCUT2D eigenvalue weighted by Gasteiger charge is 2.22. The molecule has 0 saturated heterocycles. The van der Waals surface area contributed by atoms with E-state index in [1.165, 1.54) is 0 Å². The average Bonchev–Trinajstić information content (AvgIpc) is 2.29. The quantitative estimate of drug-likeness (QED) is 0.806. The van der Waals surface area contributed by atoms with Crippen LogP contribution in [0.15, 0.2) is 18.3 Å². The molecule has 0 saturated carbocycles. The zero-order valence-corrected chi connectivity index (χ0v) is 11.6. The second-order valence-electron chi connectivity index (χ2n) is 5.23. The highest BCUT2D eigenvalue weighted by molar-refractivity contribution is 5.86. The van der Waals surface area contributed by atoms with Crippen molar-refractivity contribution in [2.45, 2.75) is 46.2 Å². The van der Waals surface area contributed by atoms with E-state index < -0.39 is 0 Å². The maximum atomic E-state index is 12.1. The van der Waals surface area contributed by atoms with Gasteiger partial charge in [-0.25, -0.2) is 4.98 Å². The predicted octanol–water partition coefficient (Wildman–Crippen LogP) is 1.80. The van der Waals surface area contributed by atoms with Crippen LogP contribution in [0.25, 0.3) is 0 Å². The lowest BCUT2D eigenvalue weighted by Crippen LogP contribution is -2.44. The van der Waals surface area contributed by atoms with Gasteiger partial charge < -0.3 is 11.1 Å². The molecule has 0 amide bonds. The molecule has 0 aliphatic rings. The van der Waals surface area contributed by atoms with E-state index in [1.54, 1.807) is 12.3 Å². The minimum atomic E-state index is -0.157. The third-order valence-electron chi connectivity index (χ3n) is 2.73. The number of nitrogens with two attached hydrogens (primary N) is 1. The Morgan fingerprint density at radius 1 is 1.33 bits per heavy atom. The lowest BCUT2D eigenvalue weighted by Gasteiger charge is -2.22. The van der Waals surface area contributed by atoms with Crippen molar-refractivity contribution in [1.82, 2.24) is 10.3 Å². The van der Waals surface area contributed by atoms with Crippen LogP contribution >= 0.6 is 0 Å². The van der Waals surface area contributed by atoms with Gasteiger partial charge in [0.15, 0.2) is 5.78 Å². The summed E-state index contributed by atoms with van der Waals surface area (Å²) in [5.41, 5.74) is 6.58. The first-order valence-electron chi connectivity index (χ1n) is 6.40. The van der Waals surface area contributed by atoms with Gasteiger partial charge in [0.1, 0.15) is 5.82 Å². The van der Waals surface area contributed by atoms with E-state index in [2.05, 4.69) is 10.3 Å². The molecule has 4 nitrogen and oxygen atoms in total. The summed E-state index contributed by atoms with van der Waals surface area (Å²) in [6.45, 7) is 7.95. The van der Waals surface area contributed by atoms with Gasteiger partial charge >= 0.3 is 0 Å². The molecule has 4 heteroatoms. The maximum Gasteiger partial charge on any atom is 0.152 e. The van der Waals surface area contributed by atoms with Gasteiger partial charge in [0.05, 0.1) is 6.04 Å². The number of nitrogens with one attached hydrogen (secondary N) is 1.